The predicted molar refractivity (Wildman–Crippen MR) is 96.2 cm³/mol. The van der Waals surface area contributed by atoms with Crippen LogP contribution in [0.25, 0.3) is 23.1 Å². The Morgan fingerprint density at radius 3 is 2.79 bits per heavy atom. The number of thiophene rings is 1. The standard InChI is InChI=1S/C18H16N2O3S/c1-12-9-11-24-15(12)6-7-16-19-14-5-3-2-4-13(14)18(23)20(16)10-8-17(21)22/h2-7,9,11H,8,10H2,1H3,(H,21,22). The number of aromatic nitrogens is 2. The van der Waals surface area contributed by atoms with E-state index in [2.05, 4.69) is 4.98 Å². The highest BCUT2D eigenvalue weighted by atomic mass is 32.1. The molecule has 0 fully saturated rings. The molecule has 0 spiro atoms. The molecular weight excluding hydrogens is 324 g/mol. The van der Waals surface area contributed by atoms with Crippen LogP contribution in [0.5, 0.6) is 0 Å². The van der Waals surface area contributed by atoms with Crippen LogP contribution in [0.3, 0.4) is 0 Å². The van der Waals surface area contributed by atoms with E-state index < -0.39 is 5.97 Å². The van der Waals surface area contributed by atoms with E-state index in [4.69, 9.17) is 5.11 Å². The molecule has 122 valence electrons. The normalized spacial score (nSPS) is 11.4. The maximum Gasteiger partial charge on any atom is 0.305 e. The van der Waals surface area contributed by atoms with E-state index in [0.717, 1.165) is 10.4 Å². The number of carboxylic acids is 1. The Labute approximate surface area is 142 Å². The fourth-order valence-electron chi connectivity index (χ4n) is 2.44. The van der Waals surface area contributed by atoms with Gasteiger partial charge in [0.1, 0.15) is 5.82 Å². The molecule has 0 saturated carbocycles. The van der Waals surface area contributed by atoms with E-state index >= 15 is 0 Å². The molecule has 0 unspecified atom stereocenters. The summed E-state index contributed by atoms with van der Waals surface area (Å²) >= 11 is 1.60. The maximum absolute atomic E-state index is 12.7. The van der Waals surface area contributed by atoms with E-state index in [1.165, 1.54) is 4.57 Å². The van der Waals surface area contributed by atoms with Crippen LogP contribution in [0.15, 0.2) is 40.5 Å². The lowest BCUT2D eigenvalue weighted by Crippen LogP contribution is -2.25. The number of hydrogen-bond donors (Lipinski definition) is 1. The number of carboxylic acid groups (broad SMARTS) is 1. The van der Waals surface area contributed by atoms with Gasteiger partial charge in [-0.2, -0.15) is 0 Å². The number of aryl methyl sites for hydroxylation is 1. The highest BCUT2D eigenvalue weighted by Gasteiger charge is 2.10. The van der Waals surface area contributed by atoms with Crippen molar-refractivity contribution >= 4 is 40.4 Å². The molecule has 0 atom stereocenters. The third-order valence-corrected chi connectivity index (χ3v) is 4.71. The first-order valence-corrected chi connectivity index (χ1v) is 8.38. The van der Waals surface area contributed by atoms with E-state index in [1.807, 2.05) is 30.5 Å². The van der Waals surface area contributed by atoms with Gasteiger partial charge in [0.2, 0.25) is 0 Å². The van der Waals surface area contributed by atoms with Gasteiger partial charge in [-0.25, -0.2) is 4.98 Å². The van der Waals surface area contributed by atoms with Gasteiger partial charge in [-0.05, 0) is 48.2 Å². The summed E-state index contributed by atoms with van der Waals surface area (Å²) in [5, 5.41) is 11.4. The Hall–Kier alpha value is -2.73. The number of rotatable bonds is 5. The molecular formula is C18H16N2O3S. The van der Waals surface area contributed by atoms with Gasteiger partial charge in [0.15, 0.2) is 0 Å². The zero-order chi connectivity index (χ0) is 17.1. The van der Waals surface area contributed by atoms with Gasteiger partial charge in [0.05, 0.1) is 17.3 Å². The first kappa shape index (κ1) is 16.1. The van der Waals surface area contributed by atoms with Crippen LogP contribution in [-0.4, -0.2) is 20.6 Å². The van der Waals surface area contributed by atoms with Gasteiger partial charge < -0.3 is 5.11 Å². The largest absolute Gasteiger partial charge is 0.481 e. The van der Waals surface area contributed by atoms with Crippen LogP contribution in [0, 0.1) is 6.92 Å². The minimum absolute atomic E-state index is 0.0924. The summed E-state index contributed by atoms with van der Waals surface area (Å²) in [5.41, 5.74) is 1.54. The third-order valence-electron chi connectivity index (χ3n) is 3.73. The van der Waals surface area contributed by atoms with Crippen LogP contribution in [-0.2, 0) is 11.3 Å². The number of carbonyl (C=O) groups is 1. The Balaban J connectivity index is 2.11. The third kappa shape index (κ3) is 3.28. The summed E-state index contributed by atoms with van der Waals surface area (Å²) in [5.74, 6) is -0.480. The van der Waals surface area contributed by atoms with Crippen molar-refractivity contribution in [2.24, 2.45) is 0 Å². The van der Waals surface area contributed by atoms with Crippen LogP contribution in [0.4, 0.5) is 0 Å². The summed E-state index contributed by atoms with van der Waals surface area (Å²) in [4.78, 5) is 29.2. The monoisotopic (exact) mass is 340 g/mol. The van der Waals surface area contributed by atoms with Crippen LogP contribution in [0.2, 0.25) is 0 Å². The minimum atomic E-state index is -0.945. The molecule has 2 aromatic heterocycles. The number of para-hydroxylation sites is 1. The molecule has 0 aliphatic rings. The van der Waals surface area contributed by atoms with Gasteiger partial charge in [0.25, 0.3) is 5.56 Å². The molecule has 3 rings (SSSR count). The minimum Gasteiger partial charge on any atom is -0.481 e. The SMILES string of the molecule is Cc1ccsc1C=Cc1nc2ccccc2c(=O)n1CCC(=O)O. The lowest BCUT2D eigenvalue weighted by atomic mass is 10.2. The Morgan fingerprint density at radius 1 is 1.29 bits per heavy atom. The molecule has 2 heterocycles. The molecule has 0 amide bonds. The summed E-state index contributed by atoms with van der Waals surface area (Å²) < 4.78 is 1.43. The van der Waals surface area contributed by atoms with E-state index in [-0.39, 0.29) is 18.5 Å². The topological polar surface area (TPSA) is 72.2 Å². The second-order valence-corrected chi connectivity index (χ2v) is 6.34. The Kier molecular flexibility index (Phi) is 4.57. The number of hydrogen-bond acceptors (Lipinski definition) is 4. The highest BCUT2D eigenvalue weighted by molar-refractivity contribution is 7.11. The number of benzene rings is 1. The summed E-state index contributed by atoms with van der Waals surface area (Å²) in [6.45, 7) is 2.11. The second kappa shape index (κ2) is 6.80. The molecule has 1 N–H and O–H groups in total. The summed E-state index contributed by atoms with van der Waals surface area (Å²) in [6.07, 6.45) is 3.56. The predicted octanol–water partition coefficient (Wildman–Crippen LogP) is 3.41. The summed E-state index contributed by atoms with van der Waals surface area (Å²) in [6, 6.07) is 9.12. The Morgan fingerprint density at radius 2 is 2.08 bits per heavy atom. The highest BCUT2D eigenvalue weighted by Crippen LogP contribution is 2.19. The van der Waals surface area contributed by atoms with Crippen LogP contribution < -0.4 is 5.56 Å². The van der Waals surface area contributed by atoms with Gasteiger partial charge in [0, 0.05) is 11.4 Å². The molecule has 0 bridgehead atoms. The average Bonchev–Trinajstić information content (AvgIpc) is 2.97. The molecule has 0 aliphatic heterocycles. The van der Waals surface area contributed by atoms with E-state index in [0.29, 0.717) is 16.7 Å². The number of fused-ring (bicyclic) bond motifs is 1. The van der Waals surface area contributed by atoms with Crippen molar-refractivity contribution in [2.75, 3.05) is 0 Å². The van der Waals surface area contributed by atoms with Gasteiger partial charge in [-0.1, -0.05) is 12.1 Å². The number of aliphatic carboxylic acids is 1. The van der Waals surface area contributed by atoms with Gasteiger partial charge in [-0.15, -0.1) is 11.3 Å². The second-order valence-electron chi connectivity index (χ2n) is 5.39. The molecule has 3 aromatic rings. The zero-order valence-corrected chi connectivity index (χ0v) is 13.9. The van der Waals surface area contributed by atoms with Gasteiger partial charge in [-0.3, -0.25) is 14.2 Å². The quantitative estimate of drug-likeness (QED) is 0.772. The molecule has 0 aliphatic carbocycles. The maximum atomic E-state index is 12.7. The fraction of sp³-hybridized carbons (Fsp3) is 0.167. The first-order chi connectivity index (χ1) is 11.6. The number of nitrogens with zero attached hydrogens (tertiary/aromatic N) is 2. The lowest BCUT2D eigenvalue weighted by molar-refractivity contribution is -0.137. The smallest absolute Gasteiger partial charge is 0.305 e. The van der Waals surface area contributed by atoms with Crippen molar-refractivity contribution in [3.63, 3.8) is 0 Å². The van der Waals surface area contributed by atoms with E-state index in [1.54, 1.807) is 35.6 Å². The lowest BCUT2D eigenvalue weighted by Gasteiger charge is -2.10. The summed E-state index contributed by atoms with van der Waals surface area (Å²) in [7, 11) is 0. The Bertz CT molecular complexity index is 985. The molecule has 5 nitrogen and oxygen atoms in total. The van der Waals surface area contributed by atoms with Crippen molar-refractivity contribution in [1.82, 2.24) is 9.55 Å². The van der Waals surface area contributed by atoms with Crippen LogP contribution in [0.1, 0.15) is 22.7 Å². The zero-order valence-electron chi connectivity index (χ0n) is 13.1. The fourth-order valence-corrected chi connectivity index (χ4v) is 3.26. The molecule has 1 aromatic carbocycles. The molecule has 0 saturated heterocycles. The van der Waals surface area contributed by atoms with Crippen molar-refractivity contribution in [1.29, 1.82) is 0 Å². The van der Waals surface area contributed by atoms with E-state index in [9.17, 15) is 9.59 Å². The first-order valence-electron chi connectivity index (χ1n) is 7.50. The van der Waals surface area contributed by atoms with Crippen molar-refractivity contribution < 1.29 is 9.90 Å². The average molecular weight is 340 g/mol. The molecule has 6 heteroatoms. The molecule has 24 heavy (non-hydrogen) atoms. The van der Waals surface area contributed by atoms with Crippen molar-refractivity contribution in [3.05, 3.63) is 62.3 Å². The van der Waals surface area contributed by atoms with Crippen molar-refractivity contribution in [3.8, 4) is 0 Å². The molecule has 0 radical (unpaired) electrons. The van der Waals surface area contributed by atoms with Crippen LogP contribution >= 0.6 is 11.3 Å². The van der Waals surface area contributed by atoms with Gasteiger partial charge >= 0.3 is 5.97 Å². The van der Waals surface area contributed by atoms with Crippen molar-refractivity contribution in [2.45, 2.75) is 19.9 Å².